The van der Waals surface area contributed by atoms with Gasteiger partial charge >= 0.3 is 23.9 Å². The van der Waals surface area contributed by atoms with Gasteiger partial charge in [0, 0.05) is 0 Å². The van der Waals surface area contributed by atoms with Crippen molar-refractivity contribution in [3.63, 3.8) is 0 Å². The molecular formula is C21H20O8. The van der Waals surface area contributed by atoms with E-state index < -0.39 is 42.5 Å². The molecule has 2 aromatic rings. The molecule has 0 aromatic heterocycles. The average Bonchev–Trinajstić information content (AvgIpc) is 2.67. The van der Waals surface area contributed by atoms with Crippen molar-refractivity contribution >= 4 is 23.9 Å². The van der Waals surface area contributed by atoms with Crippen LogP contribution in [0.4, 0.5) is 0 Å². The first-order valence-electron chi connectivity index (χ1n) is 8.66. The van der Waals surface area contributed by atoms with Crippen molar-refractivity contribution in [2.75, 3.05) is 6.61 Å². The molecule has 0 aliphatic carbocycles. The molecule has 2 aromatic carbocycles. The maximum Gasteiger partial charge on any atom is 0.346 e. The normalized spacial score (nSPS) is 12.5. The Morgan fingerprint density at radius 1 is 0.759 bits per heavy atom. The Hall–Kier alpha value is -3.68. The molecule has 0 spiro atoms. The van der Waals surface area contributed by atoms with E-state index in [0.717, 1.165) is 11.1 Å². The van der Waals surface area contributed by atoms with Gasteiger partial charge in [-0.1, -0.05) is 35.4 Å². The van der Waals surface area contributed by atoms with Gasteiger partial charge in [-0.15, -0.1) is 0 Å². The molecule has 0 amide bonds. The number of rotatable bonds is 8. The zero-order valence-corrected chi connectivity index (χ0v) is 15.8. The first-order chi connectivity index (χ1) is 13.7. The van der Waals surface area contributed by atoms with Gasteiger partial charge in [-0.3, -0.25) is 4.79 Å². The average molecular weight is 400 g/mol. The number of aryl methyl sites for hydroxylation is 2. The molecule has 2 rings (SSSR count). The van der Waals surface area contributed by atoms with Gasteiger partial charge in [-0.25, -0.2) is 14.4 Å². The first kappa shape index (κ1) is 21.6. The summed E-state index contributed by atoms with van der Waals surface area (Å²) in [7, 11) is 0. The minimum atomic E-state index is -2.04. The standard InChI is InChI=1S/C21H20O8/c1-12-3-7-14(8-4-12)20(26)28-11-16(18(22)23)17(19(24)25)29-21(27)15-9-5-13(2)6-10-15/h3-10,16-17H,11H2,1-2H3,(H,22,23)(H,24,25)/t16-,17-/m0/s1. The Kier molecular flexibility index (Phi) is 7.08. The van der Waals surface area contributed by atoms with E-state index in [4.69, 9.17) is 9.47 Å². The van der Waals surface area contributed by atoms with Crippen LogP contribution in [0.2, 0.25) is 0 Å². The highest BCUT2D eigenvalue weighted by Gasteiger charge is 2.38. The summed E-state index contributed by atoms with van der Waals surface area (Å²) in [6, 6.07) is 12.5. The maximum absolute atomic E-state index is 12.2. The number of benzene rings is 2. The monoisotopic (exact) mass is 400 g/mol. The molecule has 0 bridgehead atoms. The van der Waals surface area contributed by atoms with Crippen molar-refractivity contribution in [3.05, 3.63) is 70.8 Å². The van der Waals surface area contributed by atoms with Crippen molar-refractivity contribution in [3.8, 4) is 0 Å². The van der Waals surface area contributed by atoms with E-state index in [0.29, 0.717) is 0 Å². The molecular weight excluding hydrogens is 380 g/mol. The first-order valence-corrected chi connectivity index (χ1v) is 8.66. The van der Waals surface area contributed by atoms with Crippen LogP contribution in [-0.4, -0.2) is 46.8 Å². The number of carboxylic acids is 2. The van der Waals surface area contributed by atoms with Crippen molar-refractivity contribution in [1.29, 1.82) is 0 Å². The summed E-state index contributed by atoms with van der Waals surface area (Å²) in [6.07, 6.45) is -2.04. The van der Waals surface area contributed by atoms with Gasteiger partial charge in [0.15, 0.2) is 0 Å². The van der Waals surface area contributed by atoms with Crippen LogP contribution in [-0.2, 0) is 19.1 Å². The van der Waals surface area contributed by atoms with Gasteiger partial charge < -0.3 is 19.7 Å². The Bertz CT molecular complexity index is 899. The quantitative estimate of drug-likeness (QED) is 0.647. The number of carbonyl (C=O) groups excluding carboxylic acids is 2. The van der Waals surface area contributed by atoms with Gasteiger partial charge in [0.25, 0.3) is 0 Å². The lowest BCUT2D eigenvalue weighted by Crippen LogP contribution is -2.41. The molecule has 8 heteroatoms. The highest BCUT2D eigenvalue weighted by Crippen LogP contribution is 2.15. The fourth-order valence-electron chi connectivity index (χ4n) is 2.40. The summed E-state index contributed by atoms with van der Waals surface area (Å²) in [4.78, 5) is 47.4. The molecule has 0 aliphatic heterocycles. The van der Waals surface area contributed by atoms with Gasteiger partial charge in [-0.2, -0.15) is 0 Å². The van der Waals surface area contributed by atoms with E-state index in [1.165, 1.54) is 24.3 Å². The Balaban J connectivity index is 2.11. The van der Waals surface area contributed by atoms with Gasteiger partial charge in [-0.05, 0) is 38.1 Å². The lowest BCUT2D eigenvalue weighted by atomic mass is 10.0. The molecule has 0 radical (unpaired) electrons. The maximum atomic E-state index is 12.2. The van der Waals surface area contributed by atoms with Crippen LogP contribution in [0.25, 0.3) is 0 Å². The number of hydrogen-bond donors (Lipinski definition) is 2. The van der Waals surface area contributed by atoms with Crippen LogP contribution in [0.3, 0.4) is 0 Å². The third kappa shape index (κ3) is 5.90. The Morgan fingerprint density at radius 3 is 1.62 bits per heavy atom. The predicted molar refractivity (Wildman–Crippen MR) is 101 cm³/mol. The van der Waals surface area contributed by atoms with Gasteiger partial charge in [0.05, 0.1) is 11.1 Å². The molecule has 2 N–H and O–H groups in total. The van der Waals surface area contributed by atoms with Crippen molar-refractivity contribution in [1.82, 2.24) is 0 Å². The zero-order valence-electron chi connectivity index (χ0n) is 15.8. The summed E-state index contributed by atoms with van der Waals surface area (Å²) < 4.78 is 9.86. The van der Waals surface area contributed by atoms with Crippen LogP contribution in [0.5, 0.6) is 0 Å². The number of esters is 2. The topological polar surface area (TPSA) is 127 Å². The second kappa shape index (κ2) is 9.50. The van der Waals surface area contributed by atoms with E-state index in [1.807, 2.05) is 6.92 Å². The van der Waals surface area contributed by atoms with Crippen molar-refractivity contribution in [2.24, 2.45) is 5.92 Å². The molecule has 2 atom stereocenters. The third-order valence-electron chi connectivity index (χ3n) is 4.13. The zero-order chi connectivity index (χ0) is 21.6. The SMILES string of the molecule is Cc1ccc(C(=O)OC[C@H](C(=O)O)[C@H](OC(=O)c2ccc(C)cc2)C(=O)O)cc1. The van der Waals surface area contributed by atoms with Crippen LogP contribution in [0.1, 0.15) is 31.8 Å². The van der Waals surface area contributed by atoms with E-state index in [9.17, 15) is 29.4 Å². The largest absolute Gasteiger partial charge is 0.481 e. The number of carbonyl (C=O) groups is 4. The van der Waals surface area contributed by atoms with Crippen LogP contribution < -0.4 is 0 Å². The highest BCUT2D eigenvalue weighted by molar-refractivity contribution is 5.93. The van der Waals surface area contributed by atoms with E-state index in [1.54, 1.807) is 31.2 Å². The minimum Gasteiger partial charge on any atom is -0.481 e. The molecule has 0 aliphatic rings. The summed E-state index contributed by atoms with van der Waals surface area (Å²) in [5, 5.41) is 18.8. The number of hydrogen-bond acceptors (Lipinski definition) is 6. The second-order valence-corrected chi connectivity index (χ2v) is 6.44. The molecule has 0 saturated carbocycles. The summed E-state index contributed by atoms with van der Waals surface area (Å²) >= 11 is 0. The van der Waals surface area contributed by atoms with E-state index in [2.05, 4.69) is 0 Å². The lowest BCUT2D eigenvalue weighted by molar-refractivity contribution is -0.161. The van der Waals surface area contributed by atoms with Crippen molar-refractivity contribution in [2.45, 2.75) is 20.0 Å². The molecule has 152 valence electrons. The van der Waals surface area contributed by atoms with Gasteiger partial charge in [0.1, 0.15) is 12.5 Å². The smallest absolute Gasteiger partial charge is 0.346 e. The molecule has 0 unspecified atom stereocenters. The van der Waals surface area contributed by atoms with Crippen LogP contribution >= 0.6 is 0 Å². The van der Waals surface area contributed by atoms with E-state index >= 15 is 0 Å². The molecule has 0 heterocycles. The minimum absolute atomic E-state index is 0.0719. The van der Waals surface area contributed by atoms with Crippen LogP contribution in [0.15, 0.2) is 48.5 Å². The highest BCUT2D eigenvalue weighted by atomic mass is 16.6. The number of aliphatic carboxylic acids is 2. The summed E-state index contributed by atoms with van der Waals surface area (Å²) in [5.41, 5.74) is 2.05. The predicted octanol–water partition coefficient (Wildman–Crippen LogP) is 2.47. The van der Waals surface area contributed by atoms with Gasteiger partial charge in [0.2, 0.25) is 6.10 Å². The molecule has 0 saturated heterocycles. The Labute approximate surface area is 166 Å². The fraction of sp³-hybridized carbons (Fsp3) is 0.238. The van der Waals surface area contributed by atoms with E-state index in [-0.39, 0.29) is 11.1 Å². The second-order valence-electron chi connectivity index (χ2n) is 6.44. The molecule has 8 nitrogen and oxygen atoms in total. The molecule has 0 fully saturated rings. The van der Waals surface area contributed by atoms with Crippen LogP contribution in [0, 0.1) is 19.8 Å². The summed E-state index contributed by atoms with van der Waals surface area (Å²) in [6.45, 7) is 2.85. The lowest BCUT2D eigenvalue weighted by Gasteiger charge is -2.20. The fourth-order valence-corrected chi connectivity index (χ4v) is 2.40. The number of carboxylic acid groups (broad SMARTS) is 2. The molecule has 29 heavy (non-hydrogen) atoms. The number of ether oxygens (including phenoxy) is 2. The summed E-state index contributed by atoms with van der Waals surface area (Å²) in [5.74, 6) is -6.83. The Morgan fingerprint density at radius 2 is 1.21 bits per heavy atom. The van der Waals surface area contributed by atoms with Crippen molar-refractivity contribution < 1.29 is 38.9 Å². The third-order valence-corrected chi connectivity index (χ3v) is 4.13.